The number of esters is 1. The number of ether oxygens (including phenoxy) is 1. The molecule has 2 aliphatic rings. The Bertz CT molecular complexity index is 218. The van der Waals surface area contributed by atoms with Crippen molar-refractivity contribution < 1.29 is 9.53 Å². The molecule has 2 fully saturated rings. The molecule has 14 heavy (non-hydrogen) atoms. The van der Waals surface area contributed by atoms with E-state index < -0.39 is 0 Å². The van der Waals surface area contributed by atoms with Crippen LogP contribution >= 0.6 is 12.4 Å². The van der Waals surface area contributed by atoms with E-state index in [2.05, 4.69) is 4.74 Å². The fourth-order valence-electron chi connectivity index (χ4n) is 3.01. The van der Waals surface area contributed by atoms with Gasteiger partial charge >= 0.3 is 5.97 Å². The Morgan fingerprint density at radius 2 is 2.00 bits per heavy atom. The SMILES string of the molecule is COC(=O)CC1CC2(CC(N)C2)C1.Cl. The van der Waals surface area contributed by atoms with Crippen LogP contribution in [0.1, 0.15) is 32.1 Å². The molecule has 4 heteroatoms. The van der Waals surface area contributed by atoms with E-state index in [1.165, 1.54) is 32.8 Å². The van der Waals surface area contributed by atoms with Gasteiger partial charge in [-0.2, -0.15) is 0 Å². The molecule has 0 amide bonds. The largest absolute Gasteiger partial charge is 0.469 e. The van der Waals surface area contributed by atoms with Crippen molar-refractivity contribution in [1.29, 1.82) is 0 Å². The maximum absolute atomic E-state index is 10.9. The van der Waals surface area contributed by atoms with E-state index in [-0.39, 0.29) is 18.4 Å². The van der Waals surface area contributed by atoms with Crippen LogP contribution in [-0.4, -0.2) is 19.1 Å². The van der Waals surface area contributed by atoms with Crippen LogP contribution in [0.2, 0.25) is 0 Å². The van der Waals surface area contributed by atoms with Crippen molar-refractivity contribution >= 4 is 18.4 Å². The van der Waals surface area contributed by atoms with Crippen LogP contribution in [0.3, 0.4) is 0 Å². The molecule has 0 aromatic heterocycles. The van der Waals surface area contributed by atoms with Gasteiger partial charge in [-0.05, 0) is 37.0 Å². The van der Waals surface area contributed by atoms with E-state index in [1.54, 1.807) is 0 Å². The second-order valence-corrected chi connectivity index (χ2v) is 4.72. The first-order chi connectivity index (χ1) is 6.13. The normalized spacial score (nSPS) is 39.3. The molecule has 1 spiro atoms. The molecular formula is C10H18ClNO2. The molecule has 2 rings (SSSR count). The second kappa shape index (κ2) is 4.07. The van der Waals surface area contributed by atoms with Gasteiger partial charge in [0.05, 0.1) is 7.11 Å². The highest BCUT2D eigenvalue weighted by molar-refractivity contribution is 5.85. The Morgan fingerprint density at radius 1 is 1.43 bits per heavy atom. The number of rotatable bonds is 2. The summed E-state index contributed by atoms with van der Waals surface area (Å²) in [7, 11) is 1.45. The fourth-order valence-corrected chi connectivity index (χ4v) is 3.01. The molecule has 82 valence electrons. The quantitative estimate of drug-likeness (QED) is 0.716. The Balaban J connectivity index is 0.000000980. The minimum absolute atomic E-state index is 0. The number of nitrogens with two attached hydrogens (primary N) is 1. The molecule has 0 aliphatic heterocycles. The molecule has 0 aromatic carbocycles. The van der Waals surface area contributed by atoms with Crippen LogP contribution in [0.4, 0.5) is 0 Å². The Hall–Kier alpha value is -0.280. The smallest absolute Gasteiger partial charge is 0.305 e. The van der Waals surface area contributed by atoms with Crippen molar-refractivity contribution in [1.82, 2.24) is 0 Å². The lowest BCUT2D eigenvalue weighted by molar-refractivity contribution is -0.145. The minimum atomic E-state index is -0.0662. The van der Waals surface area contributed by atoms with Crippen molar-refractivity contribution in [3.63, 3.8) is 0 Å². The summed E-state index contributed by atoms with van der Waals surface area (Å²) in [5.41, 5.74) is 6.28. The lowest BCUT2D eigenvalue weighted by Crippen LogP contribution is -2.53. The van der Waals surface area contributed by atoms with E-state index in [9.17, 15) is 4.79 Å². The Kier molecular flexibility index (Phi) is 3.43. The maximum atomic E-state index is 10.9. The lowest BCUT2D eigenvalue weighted by atomic mass is 9.50. The molecule has 0 bridgehead atoms. The van der Waals surface area contributed by atoms with Gasteiger partial charge in [0.2, 0.25) is 0 Å². The third kappa shape index (κ3) is 2.04. The summed E-state index contributed by atoms with van der Waals surface area (Å²) in [6, 6.07) is 0.430. The van der Waals surface area contributed by atoms with Gasteiger partial charge in [0.25, 0.3) is 0 Å². The van der Waals surface area contributed by atoms with Crippen molar-refractivity contribution in [2.45, 2.75) is 38.1 Å². The van der Waals surface area contributed by atoms with Gasteiger partial charge in [-0.1, -0.05) is 0 Å². The van der Waals surface area contributed by atoms with Crippen LogP contribution in [-0.2, 0) is 9.53 Å². The summed E-state index contributed by atoms with van der Waals surface area (Å²) in [4.78, 5) is 10.9. The number of carbonyl (C=O) groups excluding carboxylic acids is 1. The third-order valence-corrected chi connectivity index (χ3v) is 3.52. The fraction of sp³-hybridized carbons (Fsp3) is 0.900. The van der Waals surface area contributed by atoms with Gasteiger partial charge in [0, 0.05) is 12.5 Å². The van der Waals surface area contributed by atoms with Gasteiger partial charge in [-0.3, -0.25) is 4.79 Å². The van der Waals surface area contributed by atoms with Crippen LogP contribution in [0.15, 0.2) is 0 Å². The number of methoxy groups -OCH3 is 1. The molecule has 0 unspecified atom stereocenters. The van der Waals surface area contributed by atoms with Crippen molar-refractivity contribution in [2.75, 3.05) is 7.11 Å². The predicted molar refractivity (Wildman–Crippen MR) is 56.2 cm³/mol. The van der Waals surface area contributed by atoms with Crippen molar-refractivity contribution in [3.05, 3.63) is 0 Å². The molecule has 2 aliphatic carbocycles. The lowest BCUT2D eigenvalue weighted by Gasteiger charge is -2.57. The van der Waals surface area contributed by atoms with Gasteiger partial charge in [0.1, 0.15) is 0 Å². The highest BCUT2D eigenvalue weighted by atomic mass is 35.5. The second-order valence-electron chi connectivity index (χ2n) is 4.72. The number of hydrogen-bond donors (Lipinski definition) is 1. The molecular weight excluding hydrogens is 202 g/mol. The standard InChI is InChI=1S/C10H17NO2.ClH/c1-13-9(12)2-7-3-10(4-7)5-8(11)6-10;/h7-8H,2-6,11H2,1H3;1H. The predicted octanol–water partition coefficient (Wildman–Crippen LogP) is 1.49. The zero-order valence-corrected chi connectivity index (χ0v) is 9.31. The Labute approximate surface area is 90.8 Å². The van der Waals surface area contributed by atoms with Crippen LogP contribution in [0, 0.1) is 11.3 Å². The molecule has 0 radical (unpaired) electrons. The van der Waals surface area contributed by atoms with Crippen LogP contribution in [0.25, 0.3) is 0 Å². The van der Waals surface area contributed by atoms with E-state index >= 15 is 0 Å². The van der Waals surface area contributed by atoms with E-state index in [1.807, 2.05) is 0 Å². The monoisotopic (exact) mass is 219 g/mol. The molecule has 0 saturated heterocycles. The van der Waals surface area contributed by atoms with Gasteiger partial charge in [-0.15, -0.1) is 12.4 Å². The molecule has 0 aromatic rings. The van der Waals surface area contributed by atoms with E-state index in [4.69, 9.17) is 5.73 Å². The Morgan fingerprint density at radius 3 is 2.43 bits per heavy atom. The van der Waals surface area contributed by atoms with Crippen molar-refractivity contribution in [3.8, 4) is 0 Å². The summed E-state index contributed by atoms with van der Waals surface area (Å²) < 4.78 is 4.63. The average molecular weight is 220 g/mol. The summed E-state index contributed by atoms with van der Waals surface area (Å²) in [6.45, 7) is 0. The van der Waals surface area contributed by atoms with Gasteiger partial charge < -0.3 is 10.5 Å². The first kappa shape index (κ1) is 11.8. The molecule has 0 atom stereocenters. The van der Waals surface area contributed by atoms with Crippen LogP contribution < -0.4 is 5.73 Å². The average Bonchev–Trinajstić information content (AvgIpc) is 1.97. The summed E-state index contributed by atoms with van der Waals surface area (Å²) >= 11 is 0. The summed E-state index contributed by atoms with van der Waals surface area (Å²) in [6.07, 6.45) is 5.33. The summed E-state index contributed by atoms with van der Waals surface area (Å²) in [5, 5.41) is 0. The number of hydrogen-bond acceptors (Lipinski definition) is 3. The first-order valence-corrected chi connectivity index (χ1v) is 4.96. The molecule has 0 heterocycles. The highest BCUT2D eigenvalue weighted by Crippen LogP contribution is 2.58. The third-order valence-electron chi connectivity index (χ3n) is 3.52. The number of halogens is 1. The minimum Gasteiger partial charge on any atom is -0.469 e. The summed E-state index contributed by atoms with van der Waals surface area (Å²) in [5.74, 6) is 0.503. The number of carbonyl (C=O) groups is 1. The zero-order chi connectivity index (χ0) is 9.47. The highest BCUT2D eigenvalue weighted by Gasteiger charge is 2.51. The molecule has 2 saturated carbocycles. The molecule has 3 nitrogen and oxygen atoms in total. The van der Waals surface area contributed by atoms with E-state index in [0.29, 0.717) is 23.8 Å². The van der Waals surface area contributed by atoms with E-state index in [0.717, 1.165) is 0 Å². The van der Waals surface area contributed by atoms with Gasteiger partial charge in [0.15, 0.2) is 0 Å². The maximum Gasteiger partial charge on any atom is 0.305 e. The van der Waals surface area contributed by atoms with Crippen molar-refractivity contribution in [2.24, 2.45) is 17.1 Å². The van der Waals surface area contributed by atoms with Gasteiger partial charge in [-0.25, -0.2) is 0 Å². The molecule has 2 N–H and O–H groups in total. The zero-order valence-electron chi connectivity index (χ0n) is 8.49. The first-order valence-electron chi connectivity index (χ1n) is 4.96. The van der Waals surface area contributed by atoms with Crippen LogP contribution in [0.5, 0.6) is 0 Å². The topological polar surface area (TPSA) is 52.3 Å².